The SMILES string of the molecule is CC(C)[C@H]1CN(C(=O)Nc2ccc(C#N)cc2)CCS1. The first-order valence-electron chi connectivity index (χ1n) is 6.78. The number of nitrogens with zero attached hydrogens (tertiary/aromatic N) is 2. The number of benzene rings is 1. The molecule has 4 nitrogen and oxygen atoms in total. The number of rotatable bonds is 2. The van der Waals surface area contributed by atoms with E-state index in [1.54, 1.807) is 24.3 Å². The first kappa shape index (κ1) is 14.7. The zero-order chi connectivity index (χ0) is 14.5. The summed E-state index contributed by atoms with van der Waals surface area (Å²) < 4.78 is 0. The Morgan fingerprint density at radius 2 is 2.15 bits per heavy atom. The zero-order valence-electron chi connectivity index (χ0n) is 11.8. The molecule has 1 fully saturated rings. The van der Waals surface area contributed by atoms with Gasteiger partial charge in [-0.3, -0.25) is 0 Å². The van der Waals surface area contributed by atoms with Crippen LogP contribution in [0.4, 0.5) is 10.5 Å². The molecule has 0 spiro atoms. The van der Waals surface area contributed by atoms with Crippen molar-refractivity contribution in [3.8, 4) is 6.07 Å². The molecule has 1 aromatic carbocycles. The van der Waals surface area contributed by atoms with Crippen LogP contribution in [0.3, 0.4) is 0 Å². The molecule has 1 aliphatic heterocycles. The topological polar surface area (TPSA) is 56.1 Å². The molecule has 0 radical (unpaired) electrons. The molecule has 2 rings (SSSR count). The van der Waals surface area contributed by atoms with E-state index in [4.69, 9.17) is 5.26 Å². The number of carbonyl (C=O) groups excluding carboxylic acids is 1. The Kier molecular flexibility index (Phi) is 4.91. The van der Waals surface area contributed by atoms with Crippen LogP contribution in [0.2, 0.25) is 0 Å². The van der Waals surface area contributed by atoms with Crippen LogP contribution in [0, 0.1) is 17.2 Å². The molecule has 106 valence electrons. The van der Waals surface area contributed by atoms with Crippen LogP contribution in [-0.2, 0) is 0 Å². The number of hydrogen-bond donors (Lipinski definition) is 1. The van der Waals surface area contributed by atoms with Crippen molar-refractivity contribution >= 4 is 23.5 Å². The second kappa shape index (κ2) is 6.67. The summed E-state index contributed by atoms with van der Waals surface area (Å²) in [5.41, 5.74) is 1.32. The highest BCUT2D eigenvalue weighted by Gasteiger charge is 2.25. The van der Waals surface area contributed by atoms with Gasteiger partial charge in [-0.2, -0.15) is 17.0 Å². The van der Waals surface area contributed by atoms with Crippen LogP contribution in [-0.4, -0.2) is 35.0 Å². The predicted molar refractivity (Wildman–Crippen MR) is 82.8 cm³/mol. The summed E-state index contributed by atoms with van der Waals surface area (Å²) in [6.45, 7) is 5.97. The largest absolute Gasteiger partial charge is 0.323 e. The van der Waals surface area contributed by atoms with Gasteiger partial charge in [0.05, 0.1) is 11.6 Å². The molecule has 0 unspecified atom stereocenters. The predicted octanol–water partition coefficient (Wildman–Crippen LogP) is 3.16. The van der Waals surface area contributed by atoms with Crippen molar-refractivity contribution in [3.63, 3.8) is 0 Å². The molecule has 1 saturated heterocycles. The fourth-order valence-corrected chi connectivity index (χ4v) is 3.39. The number of amides is 2. The molecule has 0 bridgehead atoms. The smallest absolute Gasteiger partial charge is 0.321 e. The maximum absolute atomic E-state index is 12.2. The van der Waals surface area contributed by atoms with Crippen molar-refractivity contribution in [2.24, 2.45) is 5.92 Å². The highest BCUT2D eigenvalue weighted by Crippen LogP contribution is 2.25. The van der Waals surface area contributed by atoms with Crippen LogP contribution < -0.4 is 5.32 Å². The van der Waals surface area contributed by atoms with E-state index in [2.05, 4.69) is 25.2 Å². The van der Waals surface area contributed by atoms with Gasteiger partial charge < -0.3 is 10.2 Å². The molecule has 0 aromatic heterocycles. The van der Waals surface area contributed by atoms with Crippen molar-refractivity contribution in [2.45, 2.75) is 19.1 Å². The summed E-state index contributed by atoms with van der Waals surface area (Å²) >= 11 is 1.95. The zero-order valence-corrected chi connectivity index (χ0v) is 12.6. The van der Waals surface area contributed by atoms with Gasteiger partial charge in [-0.25, -0.2) is 4.79 Å². The first-order valence-corrected chi connectivity index (χ1v) is 7.82. The number of carbonyl (C=O) groups is 1. The summed E-state index contributed by atoms with van der Waals surface area (Å²) in [7, 11) is 0. The number of nitrogens with one attached hydrogen (secondary N) is 1. The maximum Gasteiger partial charge on any atom is 0.321 e. The first-order chi connectivity index (χ1) is 9.60. The van der Waals surface area contributed by atoms with E-state index < -0.39 is 0 Å². The molecule has 5 heteroatoms. The van der Waals surface area contributed by atoms with Gasteiger partial charge in [0, 0.05) is 29.8 Å². The average molecular weight is 289 g/mol. The fraction of sp³-hybridized carbons (Fsp3) is 0.467. The van der Waals surface area contributed by atoms with E-state index in [0.717, 1.165) is 24.5 Å². The Hall–Kier alpha value is -1.67. The summed E-state index contributed by atoms with van der Waals surface area (Å²) in [4.78, 5) is 14.1. The van der Waals surface area contributed by atoms with Crippen molar-refractivity contribution < 1.29 is 4.79 Å². The maximum atomic E-state index is 12.2. The van der Waals surface area contributed by atoms with E-state index in [9.17, 15) is 4.79 Å². The highest BCUT2D eigenvalue weighted by molar-refractivity contribution is 8.00. The van der Waals surface area contributed by atoms with Gasteiger partial charge in [0.15, 0.2) is 0 Å². The second-order valence-corrected chi connectivity index (χ2v) is 6.57. The highest BCUT2D eigenvalue weighted by atomic mass is 32.2. The minimum Gasteiger partial charge on any atom is -0.323 e. The second-order valence-electron chi connectivity index (χ2n) is 5.22. The van der Waals surface area contributed by atoms with Gasteiger partial charge in [0.1, 0.15) is 0 Å². The molecule has 0 saturated carbocycles. The van der Waals surface area contributed by atoms with Crippen LogP contribution in [0.25, 0.3) is 0 Å². The van der Waals surface area contributed by atoms with Crippen LogP contribution in [0.1, 0.15) is 19.4 Å². The number of thioether (sulfide) groups is 1. The van der Waals surface area contributed by atoms with Gasteiger partial charge in [-0.05, 0) is 30.2 Å². The Balaban J connectivity index is 1.95. The van der Waals surface area contributed by atoms with Crippen LogP contribution in [0.15, 0.2) is 24.3 Å². The van der Waals surface area contributed by atoms with Crippen molar-refractivity contribution in [1.29, 1.82) is 5.26 Å². The molecule has 1 N–H and O–H groups in total. The summed E-state index contributed by atoms with van der Waals surface area (Å²) in [5, 5.41) is 12.1. The third-order valence-electron chi connectivity index (χ3n) is 3.39. The number of hydrogen-bond acceptors (Lipinski definition) is 3. The average Bonchev–Trinajstić information content (AvgIpc) is 2.48. The molecule has 1 aliphatic rings. The van der Waals surface area contributed by atoms with Gasteiger partial charge in [-0.1, -0.05) is 13.8 Å². The monoisotopic (exact) mass is 289 g/mol. The molecule has 1 heterocycles. The standard InChI is InChI=1S/C15H19N3OS/c1-11(2)14-10-18(7-8-20-14)15(19)17-13-5-3-12(9-16)4-6-13/h3-6,11,14H,7-8,10H2,1-2H3,(H,17,19)/t14-/m1/s1. The van der Waals surface area contributed by atoms with Crippen molar-refractivity contribution in [1.82, 2.24) is 4.90 Å². The Bertz CT molecular complexity index is 507. The molecule has 0 aliphatic carbocycles. The molecule has 2 amide bonds. The lowest BCUT2D eigenvalue weighted by Crippen LogP contribution is -2.45. The van der Waals surface area contributed by atoms with E-state index in [1.165, 1.54) is 0 Å². The van der Waals surface area contributed by atoms with Crippen LogP contribution >= 0.6 is 11.8 Å². The number of urea groups is 1. The Morgan fingerprint density at radius 1 is 1.45 bits per heavy atom. The molecule has 1 aromatic rings. The molecule has 1 atom stereocenters. The Labute approximate surface area is 124 Å². The van der Waals surface area contributed by atoms with Gasteiger partial charge in [-0.15, -0.1) is 0 Å². The lowest BCUT2D eigenvalue weighted by Gasteiger charge is -2.34. The van der Waals surface area contributed by atoms with E-state index >= 15 is 0 Å². The third-order valence-corrected chi connectivity index (χ3v) is 4.93. The minimum absolute atomic E-state index is 0.0549. The van der Waals surface area contributed by atoms with Gasteiger partial charge in [0.2, 0.25) is 0 Å². The summed E-state index contributed by atoms with van der Waals surface area (Å²) in [6, 6.07) is 8.94. The fourth-order valence-electron chi connectivity index (χ4n) is 2.09. The summed E-state index contributed by atoms with van der Waals surface area (Å²) in [6.07, 6.45) is 0. The van der Waals surface area contributed by atoms with E-state index in [0.29, 0.717) is 16.7 Å². The van der Waals surface area contributed by atoms with Gasteiger partial charge >= 0.3 is 6.03 Å². The molecular formula is C15H19N3OS. The Morgan fingerprint density at radius 3 is 2.75 bits per heavy atom. The minimum atomic E-state index is -0.0549. The van der Waals surface area contributed by atoms with Crippen LogP contribution in [0.5, 0.6) is 0 Å². The normalized spacial score (nSPS) is 18.7. The van der Waals surface area contributed by atoms with E-state index in [1.807, 2.05) is 16.7 Å². The van der Waals surface area contributed by atoms with Gasteiger partial charge in [0.25, 0.3) is 0 Å². The lowest BCUT2D eigenvalue weighted by molar-refractivity contribution is 0.211. The number of anilines is 1. The quantitative estimate of drug-likeness (QED) is 0.910. The van der Waals surface area contributed by atoms with Crippen molar-refractivity contribution in [2.75, 3.05) is 24.2 Å². The lowest BCUT2D eigenvalue weighted by atomic mass is 10.1. The summed E-state index contributed by atoms with van der Waals surface area (Å²) in [5.74, 6) is 1.56. The molecule has 20 heavy (non-hydrogen) atoms. The molecular weight excluding hydrogens is 270 g/mol. The third kappa shape index (κ3) is 3.67. The van der Waals surface area contributed by atoms with Crippen molar-refractivity contribution in [3.05, 3.63) is 29.8 Å². The number of nitriles is 1. The van der Waals surface area contributed by atoms with E-state index in [-0.39, 0.29) is 6.03 Å².